The summed E-state index contributed by atoms with van der Waals surface area (Å²) in [5, 5.41) is 8.67. The molecule has 1 N–H and O–H groups in total. The minimum atomic E-state index is -1.12. The third kappa shape index (κ3) is 3.22. The Morgan fingerprint density at radius 2 is 2.10 bits per heavy atom. The van der Waals surface area contributed by atoms with Crippen molar-refractivity contribution < 1.29 is 19.5 Å². The van der Waals surface area contributed by atoms with E-state index in [0.29, 0.717) is 4.90 Å². The number of benzene rings is 1. The van der Waals surface area contributed by atoms with Crippen LogP contribution in [0.3, 0.4) is 0 Å². The lowest BCUT2D eigenvalue weighted by atomic mass is 10.2. The van der Waals surface area contributed by atoms with Gasteiger partial charge in [0.2, 0.25) is 11.8 Å². The number of carboxylic acids is 1. The highest BCUT2D eigenvalue weighted by molar-refractivity contribution is 8.00. The first-order valence-corrected chi connectivity index (χ1v) is 7.62. The molecule has 1 atom stereocenters. The van der Waals surface area contributed by atoms with Crippen LogP contribution in [0.4, 0.5) is 0 Å². The number of halogens is 1. The number of amides is 2. The van der Waals surface area contributed by atoms with E-state index in [4.69, 9.17) is 16.7 Å². The summed E-state index contributed by atoms with van der Waals surface area (Å²) in [5.41, 5.74) is -0.0147. The number of carboxylic acid groups (broad SMARTS) is 1. The fourth-order valence-corrected chi connectivity index (χ4v) is 3.46. The van der Waals surface area contributed by atoms with Crippen molar-refractivity contribution in [3.05, 3.63) is 28.8 Å². The number of hydrogen-bond acceptors (Lipinski definition) is 4. The molecule has 1 aromatic rings. The lowest BCUT2D eigenvalue weighted by molar-refractivity contribution is -0.140. The summed E-state index contributed by atoms with van der Waals surface area (Å²) in [6.07, 6.45) is 0.132. The molecule has 0 radical (unpaired) electrons. The summed E-state index contributed by atoms with van der Waals surface area (Å²) in [4.78, 5) is 36.9. The molecule has 1 aromatic carbocycles. The molecule has 1 heterocycles. The average Bonchev–Trinajstić information content (AvgIpc) is 2.66. The molecular formula is C14H14ClNO4S. The van der Waals surface area contributed by atoms with E-state index in [1.54, 1.807) is 19.9 Å². The van der Waals surface area contributed by atoms with Gasteiger partial charge in [-0.05, 0) is 32.0 Å². The van der Waals surface area contributed by atoms with Crippen molar-refractivity contribution in [1.82, 2.24) is 4.90 Å². The smallest absolute Gasteiger partial charge is 0.337 e. The molecule has 21 heavy (non-hydrogen) atoms. The average molecular weight is 328 g/mol. The number of likely N-dealkylation sites (tertiary alicyclic amines) is 1. The monoisotopic (exact) mass is 327 g/mol. The highest BCUT2D eigenvalue weighted by Crippen LogP contribution is 2.34. The summed E-state index contributed by atoms with van der Waals surface area (Å²) < 4.78 is 0. The lowest BCUT2D eigenvalue weighted by Gasteiger charge is -2.18. The van der Waals surface area contributed by atoms with Gasteiger partial charge in [-0.25, -0.2) is 4.79 Å². The predicted octanol–water partition coefficient (Wildman–Crippen LogP) is 2.67. The van der Waals surface area contributed by atoms with Crippen LogP contribution in [0.15, 0.2) is 23.1 Å². The van der Waals surface area contributed by atoms with Crippen LogP contribution in [0.2, 0.25) is 5.02 Å². The molecule has 0 bridgehead atoms. The van der Waals surface area contributed by atoms with Crippen LogP contribution < -0.4 is 0 Å². The molecule has 2 rings (SSSR count). The number of carbonyl (C=O) groups is 3. The van der Waals surface area contributed by atoms with Crippen LogP contribution in [-0.2, 0) is 9.59 Å². The second kappa shape index (κ2) is 6.07. The largest absolute Gasteiger partial charge is 0.478 e. The van der Waals surface area contributed by atoms with Crippen molar-refractivity contribution in [3.63, 3.8) is 0 Å². The van der Waals surface area contributed by atoms with E-state index in [2.05, 4.69) is 0 Å². The zero-order valence-electron chi connectivity index (χ0n) is 11.5. The highest BCUT2D eigenvalue weighted by atomic mass is 35.5. The highest BCUT2D eigenvalue weighted by Gasteiger charge is 2.40. The zero-order valence-corrected chi connectivity index (χ0v) is 13.1. The van der Waals surface area contributed by atoms with Crippen LogP contribution in [0.25, 0.3) is 0 Å². The van der Waals surface area contributed by atoms with Gasteiger partial charge < -0.3 is 5.11 Å². The molecule has 112 valence electrons. The van der Waals surface area contributed by atoms with Crippen molar-refractivity contribution in [2.45, 2.75) is 36.5 Å². The normalized spacial score (nSPS) is 18.7. The van der Waals surface area contributed by atoms with Gasteiger partial charge >= 0.3 is 5.97 Å². The molecule has 0 aliphatic carbocycles. The first kappa shape index (κ1) is 15.9. The van der Waals surface area contributed by atoms with Gasteiger partial charge in [-0.2, -0.15) is 0 Å². The van der Waals surface area contributed by atoms with Crippen molar-refractivity contribution >= 4 is 41.1 Å². The van der Waals surface area contributed by atoms with Crippen molar-refractivity contribution in [1.29, 1.82) is 0 Å². The quantitative estimate of drug-likeness (QED) is 0.860. The Morgan fingerprint density at radius 3 is 2.62 bits per heavy atom. The minimum Gasteiger partial charge on any atom is -0.478 e. The number of imide groups is 1. The second-order valence-electron chi connectivity index (χ2n) is 4.95. The number of hydrogen-bond donors (Lipinski definition) is 1. The van der Waals surface area contributed by atoms with E-state index in [-0.39, 0.29) is 34.9 Å². The van der Waals surface area contributed by atoms with Crippen molar-refractivity contribution in [3.8, 4) is 0 Å². The van der Waals surface area contributed by atoms with Crippen LogP contribution in [-0.4, -0.2) is 39.1 Å². The maximum atomic E-state index is 12.2. The molecule has 1 fully saturated rings. The fraction of sp³-hybridized carbons (Fsp3) is 0.357. The van der Waals surface area contributed by atoms with E-state index in [0.717, 1.165) is 0 Å². The number of rotatable bonds is 4. The van der Waals surface area contributed by atoms with Crippen LogP contribution in [0.5, 0.6) is 0 Å². The van der Waals surface area contributed by atoms with Crippen LogP contribution in [0.1, 0.15) is 30.6 Å². The molecule has 1 aliphatic heterocycles. The van der Waals surface area contributed by atoms with E-state index in [9.17, 15) is 14.4 Å². The summed E-state index contributed by atoms with van der Waals surface area (Å²) in [6.45, 7) is 3.57. The van der Waals surface area contributed by atoms with Gasteiger partial charge in [0.05, 0.1) is 15.8 Å². The minimum absolute atomic E-state index is 0.0147. The number of carbonyl (C=O) groups excluding carboxylic acids is 2. The maximum absolute atomic E-state index is 12.2. The Kier molecular flexibility index (Phi) is 4.58. The van der Waals surface area contributed by atoms with Crippen LogP contribution >= 0.6 is 23.4 Å². The molecule has 1 aliphatic rings. The van der Waals surface area contributed by atoms with Crippen LogP contribution in [0, 0.1) is 0 Å². The Bertz CT molecular complexity index is 617. The van der Waals surface area contributed by atoms with Crippen molar-refractivity contribution in [2.24, 2.45) is 0 Å². The molecule has 1 saturated heterocycles. The van der Waals surface area contributed by atoms with Gasteiger partial charge in [0.1, 0.15) is 0 Å². The Balaban J connectivity index is 2.20. The summed E-state index contributed by atoms with van der Waals surface area (Å²) >= 11 is 7.00. The number of aromatic carboxylic acids is 1. The molecule has 7 heteroatoms. The summed E-state index contributed by atoms with van der Waals surface area (Å²) in [5.74, 6) is -1.55. The molecule has 0 saturated carbocycles. The molecule has 0 spiro atoms. The predicted molar refractivity (Wildman–Crippen MR) is 79.7 cm³/mol. The van der Waals surface area contributed by atoms with E-state index >= 15 is 0 Å². The van der Waals surface area contributed by atoms with Gasteiger partial charge in [0.15, 0.2) is 0 Å². The van der Waals surface area contributed by atoms with Gasteiger partial charge in [0, 0.05) is 17.4 Å². The third-order valence-corrected chi connectivity index (χ3v) is 4.61. The molecular weight excluding hydrogens is 314 g/mol. The first-order chi connectivity index (χ1) is 9.81. The topological polar surface area (TPSA) is 74.7 Å². The summed E-state index contributed by atoms with van der Waals surface area (Å²) in [6, 6.07) is 4.38. The lowest BCUT2D eigenvalue weighted by Crippen LogP contribution is -2.37. The van der Waals surface area contributed by atoms with Gasteiger partial charge in [-0.1, -0.05) is 11.6 Å². The first-order valence-electron chi connectivity index (χ1n) is 6.36. The van der Waals surface area contributed by atoms with Crippen molar-refractivity contribution in [2.75, 3.05) is 0 Å². The third-order valence-electron chi connectivity index (χ3n) is 3.10. The molecule has 1 unspecified atom stereocenters. The molecule has 2 amide bonds. The zero-order chi connectivity index (χ0) is 15.7. The molecule has 0 aromatic heterocycles. The Morgan fingerprint density at radius 1 is 1.43 bits per heavy atom. The Labute approximate surface area is 131 Å². The van der Waals surface area contributed by atoms with Gasteiger partial charge in [-0.3, -0.25) is 14.5 Å². The standard InChI is InChI=1S/C14H14ClNO4S/c1-7(2)16-12(17)6-11(13(16)18)21-8-3-4-10(15)9(5-8)14(19)20/h3-5,7,11H,6H2,1-2H3,(H,19,20). The van der Waals surface area contributed by atoms with E-state index in [1.807, 2.05) is 0 Å². The van der Waals surface area contributed by atoms with E-state index < -0.39 is 11.2 Å². The summed E-state index contributed by atoms with van der Waals surface area (Å²) in [7, 11) is 0. The SMILES string of the molecule is CC(C)N1C(=O)CC(Sc2ccc(Cl)c(C(=O)O)c2)C1=O. The van der Waals surface area contributed by atoms with Gasteiger partial charge in [0.25, 0.3) is 0 Å². The van der Waals surface area contributed by atoms with Gasteiger partial charge in [-0.15, -0.1) is 11.8 Å². The fourth-order valence-electron chi connectivity index (χ4n) is 2.16. The maximum Gasteiger partial charge on any atom is 0.337 e. The Hall–Kier alpha value is -1.53. The number of nitrogens with zero attached hydrogens (tertiary/aromatic N) is 1. The number of thioether (sulfide) groups is 1. The van der Waals surface area contributed by atoms with E-state index in [1.165, 1.54) is 28.8 Å². The second-order valence-corrected chi connectivity index (χ2v) is 6.64. The molecule has 5 nitrogen and oxygen atoms in total.